The van der Waals surface area contributed by atoms with Gasteiger partial charge in [-0.2, -0.15) is 13.2 Å². The maximum Gasteiger partial charge on any atom is 0.416 e. The van der Waals surface area contributed by atoms with Crippen molar-refractivity contribution in [1.29, 1.82) is 0 Å². The fourth-order valence-electron chi connectivity index (χ4n) is 2.45. The van der Waals surface area contributed by atoms with Crippen LogP contribution in [0, 0.1) is 0 Å². The van der Waals surface area contributed by atoms with E-state index in [2.05, 4.69) is 15.6 Å². The summed E-state index contributed by atoms with van der Waals surface area (Å²) < 4.78 is 48.3. The van der Waals surface area contributed by atoms with Gasteiger partial charge in [0.15, 0.2) is 17.5 Å². The minimum Gasteiger partial charge on any atom is -0.454 e. The molecule has 0 bridgehead atoms. The monoisotopic (exact) mass is 493 g/mol. The molecule has 0 spiro atoms. The van der Waals surface area contributed by atoms with E-state index in [0.29, 0.717) is 24.8 Å². The van der Waals surface area contributed by atoms with Gasteiger partial charge in [-0.3, -0.25) is 4.99 Å². The molecule has 2 aromatic rings. The van der Waals surface area contributed by atoms with E-state index in [1.54, 1.807) is 7.05 Å². The van der Waals surface area contributed by atoms with Crippen LogP contribution < -0.4 is 20.1 Å². The third kappa shape index (κ3) is 5.65. The molecule has 9 heteroatoms. The second kappa shape index (κ2) is 9.16. The molecule has 146 valence electrons. The Morgan fingerprint density at radius 1 is 0.963 bits per heavy atom. The summed E-state index contributed by atoms with van der Waals surface area (Å²) in [6.45, 7) is 1.10. The zero-order valence-corrected chi connectivity index (χ0v) is 16.8. The molecule has 1 aliphatic rings. The molecule has 0 aliphatic carbocycles. The van der Waals surface area contributed by atoms with Gasteiger partial charge in [0.05, 0.1) is 5.56 Å². The largest absolute Gasteiger partial charge is 0.454 e. The van der Waals surface area contributed by atoms with E-state index in [4.69, 9.17) is 9.47 Å². The summed E-state index contributed by atoms with van der Waals surface area (Å²) in [5, 5.41) is 6.21. The topological polar surface area (TPSA) is 54.9 Å². The number of halogens is 4. The van der Waals surface area contributed by atoms with Crippen LogP contribution in [0.5, 0.6) is 11.5 Å². The quantitative estimate of drug-likeness (QED) is 0.386. The van der Waals surface area contributed by atoms with Crippen molar-refractivity contribution in [3.63, 3.8) is 0 Å². The third-order valence-electron chi connectivity index (χ3n) is 3.86. The second-order valence-corrected chi connectivity index (χ2v) is 5.66. The minimum absolute atomic E-state index is 0. The van der Waals surface area contributed by atoms with E-state index < -0.39 is 11.7 Å². The summed E-state index contributed by atoms with van der Waals surface area (Å²) >= 11 is 0. The highest BCUT2D eigenvalue weighted by Gasteiger charge is 2.29. The van der Waals surface area contributed by atoms with Crippen molar-refractivity contribution in [2.24, 2.45) is 4.99 Å². The van der Waals surface area contributed by atoms with E-state index >= 15 is 0 Å². The molecule has 2 aromatic carbocycles. The molecule has 0 radical (unpaired) electrons. The number of nitrogens with one attached hydrogen (secondary N) is 2. The highest BCUT2D eigenvalue weighted by Crippen LogP contribution is 2.32. The first-order chi connectivity index (χ1) is 12.5. The number of hydrogen-bond donors (Lipinski definition) is 2. The Labute approximate surface area is 172 Å². The first kappa shape index (κ1) is 21.1. The van der Waals surface area contributed by atoms with Gasteiger partial charge in [0.1, 0.15) is 0 Å². The molecule has 0 amide bonds. The van der Waals surface area contributed by atoms with Crippen LogP contribution in [0.4, 0.5) is 13.2 Å². The molecular formula is C18H19F3IN3O2. The molecule has 0 saturated heterocycles. The molecule has 27 heavy (non-hydrogen) atoms. The average Bonchev–Trinajstić information content (AvgIpc) is 3.09. The van der Waals surface area contributed by atoms with E-state index in [-0.39, 0.29) is 30.8 Å². The Kier molecular flexibility index (Phi) is 7.17. The lowest BCUT2D eigenvalue weighted by molar-refractivity contribution is -0.137. The zero-order chi connectivity index (χ0) is 18.6. The fourth-order valence-corrected chi connectivity index (χ4v) is 2.45. The molecule has 3 rings (SSSR count). The Hall–Kier alpha value is -2.17. The first-order valence-electron chi connectivity index (χ1n) is 7.95. The van der Waals surface area contributed by atoms with Crippen LogP contribution in [0.3, 0.4) is 0 Å². The van der Waals surface area contributed by atoms with E-state index in [1.807, 2.05) is 18.2 Å². The fraction of sp³-hybridized carbons (Fsp3) is 0.278. The SMILES string of the molecule is CN=C(NCc1ccc(C(F)(F)F)cc1)NCc1ccc2c(c1)OCO2.I. The van der Waals surface area contributed by atoms with Gasteiger partial charge in [-0.15, -0.1) is 24.0 Å². The molecule has 5 nitrogen and oxygen atoms in total. The lowest BCUT2D eigenvalue weighted by atomic mass is 10.1. The predicted octanol–water partition coefficient (Wildman–Crippen LogP) is 3.92. The molecule has 0 saturated carbocycles. The Morgan fingerprint density at radius 3 is 2.19 bits per heavy atom. The smallest absolute Gasteiger partial charge is 0.416 e. The molecule has 2 N–H and O–H groups in total. The van der Waals surface area contributed by atoms with Crippen LogP contribution in [-0.2, 0) is 19.3 Å². The number of fused-ring (bicyclic) bond motifs is 1. The van der Waals surface area contributed by atoms with Gasteiger partial charge in [-0.25, -0.2) is 0 Å². The van der Waals surface area contributed by atoms with Gasteiger partial charge < -0.3 is 20.1 Å². The molecule has 0 unspecified atom stereocenters. The number of benzene rings is 2. The Balaban J connectivity index is 0.00000261. The van der Waals surface area contributed by atoms with Crippen LogP contribution in [-0.4, -0.2) is 19.8 Å². The molecule has 0 aromatic heterocycles. The first-order valence-corrected chi connectivity index (χ1v) is 7.95. The summed E-state index contributed by atoms with van der Waals surface area (Å²) in [4.78, 5) is 4.11. The van der Waals surface area contributed by atoms with E-state index in [9.17, 15) is 13.2 Å². The van der Waals surface area contributed by atoms with Crippen molar-refractivity contribution < 1.29 is 22.6 Å². The molecular weight excluding hydrogens is 474 g/mol. The van der Waals surface area contributed by atoms with Crippen molar-refractivity contribution in [2.45, 2.75) is 19.3 Å². The van der Waals surface area contributed by atoms with Crippen molar-refractivity contribution in [2.75, 3.05) is 13.8 Å². The number of alkyl halides is 3. The highest BCUT2D eigenvalue weighted by molar-refractivity contribution is 14.0. The maximum atomic E-state index is 12.6. The van der Waals surface area contributed by atoms with Crippen LogP contribution in [0.2, 0.25) is 0 Å². The number of hydrogen-bond acceptors (Lipinski definition) is 3. The molecule has 0 fully saturated rings. The van der Waals surface area contributed by atoms with E-state index in [0.717, 1.165) is 29.0 Å². The minimum atomic E-state index is -4.33. The van der Waals surface area contributed by atoms with Crippen LogP contribution in [0.25, 0.3) is 0 Å². The van der Waals surface area contributed by atoms with Gasteiger partial charge in [0.25, 0.3) is 0 Å². The molecule has 1 heterocycles. The Bertz CT molecular complexity index is 795. The van der Waals surface area contributed by atoms with Crippen LogP contribution in [0.1, 0.15) is 16.7 Å². The van der Waals surface area contributed by atoms with Gasteiger partial charge in [-0.05, 0) is 35.4 Å². The summed E-state index contributed by atoms with van der Waals surface area (Å²) in [5.74, 6) is 1.97. The summed E-state index contributed by atoms with van der Waals surface area (Å²) in [6, 6.07) is 10.7. The number of guanidine groups is 1. The molecule has 0 atom stereocenters. The van der Waals surface area contributed by atoms with Crippen LogP contribution >= 0.6 is 24.0 Å². The zero-order valence-electron chi connectivity index (χ0n) is 14.5. The van der Waals surface area contributed by atoms with Gasteiger partial charge in [0.2, 0.25) is 6.79 Å². The summed E-state index contributed by atoms with van der Waals surface area (Å²) in [6.07, 6.45) is -4.33. The van der Waals surface area contributed by atoms with Crippen LogP contribution in [0.15, 0.2) is 47.5 Å². The van der Waals surface area contributed by atoms with Gasteiger partial charge >= 0.3 is 6.18 Å². The lowest BCUT2D eigenvalue weighted by Crippen LogP contribution is -2.36. The number of ether oxygens (including phenoxy) is 2. The highest BCUT2D eigenvalue weighted by atomic mass is 127. The lowest BCUT2D eigenvalue weighted by Gasteiger charge is -2.13. The number of aliphatic imine (C=N–C) groups is 1. The van der Waals surface area contributed by atoms with Crippen molar-refractivity contribution in [3.8, 4) is 11.5 Å². The van der Waals surface area contributed by atoms with Gasteiger partial charge in [-0.1, -0.05) is 18.2 Å². The second-order valence-electron chi connectivity index (χ2n) is 5.66. The molecule has 1 aliphatic heterocycles. The van der Waals surface area contributed by atoms with Crippen molar-refractivity contribution in [3.05, 3.63) is 59.2 Å². The van der Waals surface area contributed by atoms with E-state index in [1.165, 1.54) is 12.1 Å². The standard InChI is InChI=1S/C18H18F3N3O2.HI/c1-22-17(23-9-12-2-5-14(6-3-12)18(19,20)21)24-10-13-4-7-15-16(8-13)26-11-25-15;/h2-8H,9-11H2,1H3,(H2,22,23,24);1H. The maximum absolute atomic E-state index is 12.6. The predicted molar refractivity (Wildman–Crippen MR) is 106 cm³/mol. The summed E-state index contributed by atoms with van der Waals surface area (Å²) in [7, 11) is 1.63. The Morgan fingerprint density at radius 2 is 1.56 bits per heavy atom. The number of rotatable bonds is 4. The third-order valence-corrected chi connectivity index (χ3v) is 3.86. The number of nitrogens with zero attached hydrogens (tertiary/aromatic N) is 1. The van der Waals surface area contributed by atoms with Gasteiger partial charge in [0, 0.05) is 20.1 Å². The average molecular weight is 493 g/mol. The normalized spacial score (nSPS) is 13.1. The summed E-state index contributed by atoms with van der Waals surface area (Å²) in [5.41, 5.74) is 1.06. The van der Waals surface area contributed by atoms with Crippen molar-refractivity contribution >= 4 is 29.9 Å². The van der Waals surface area contributed by atoms with Crippen molar-refractivity contribution in [1.82, 2.24) is 10.6 Å².